The second-order valence-corrected chi connectivity index (χ2v) is 9.45. The Bertz CT molecular complexity index is 770. The summed E-state index contributed by atoms with van der Waals surface area (Å²) in [5, 5.41) is 5.80. The topological polar surface area (TPSA) is 58.2 Å². The molecule has 2 rings (SSSR count). The number of carbonyl (C=O) groups is 2. The van der Waals surface area contributed by atoms with Crippen molar-refractivity contribution in [2.75, 3.05) is 16.4 Å². The number of rotatable bonds is 6. The van der Waals surface area contributed by atoms with Gasteiger partial charge in [-0.05, 0) is 70.5 Å². The minimum Gasteiger partial charge on any atom is -0.326 e. The van der Waals surface area contributed by atoms with Gasteiger partial charge in [-0.15, -0.1) is 11.8 Å². The average molecular weight is 482 g/mol. The molecule has 4 nitrogen and oxygen atoms in total. The quantitative estimate of drug-likeness (QED) is 0.429. The molecular formula is C20H23IN2O2S. The van der Waals surface area contributed by atoms with Gasteiger partial charge in [-0.25, -0.2) is 0 Å². The highest BCUT2D eigenvalue weighted by Crippen LogP contribution is 2.24. The van der Waals surface area contributed by atoms with Crippen LogP contribution in [0.15, 0.2) is 53.4 Å². The highest BCUT2D eigenvalue weighted by atomic mass is 127. The molecule has 0 spiro atoms. The first-order chi connectivity index (χ1) is 12.2. The summed E-state index contributed by atoms with van der Waals surface area (Å²) in [6, 6.07) is 15.2. The second kappa shape index (κ2) is 9.41. The van der Waals surface area contributed by atoms with E-state index >= 15 is 0 Å². The minimum absolute atomic E-state index is 0.00361. The number of carbonyl (C=O) groups excluding carboxylic acids is 2. The molecule has 0 radical (unpaired) electrons. The number of hydrogen-bond acceptors (Lipinski definition) is 3. The monoisotopic (exact) mass is 482 g/mol. The molecule has 0 aliphatic rings. The van der Waals surface area contributed by atoms with Gasteiger partial charge in [0.1, 0.15) is 0 Å². The van der Waals surface area contributed by atoms with Crippen LogP contribution in [-0.4, -0.2) is 17.6 Å². The van der Waals surface area contributed by atoms with Crippen LogP contribution in [0.1, 0.15) is 27.2 Å². The van der Waals surface area contributed by atoms with Gasteiger partial charge in [0.05, 0.1) is 5.75 Å². The van der Waals surface area contributed by atoms with E-state index < -0.39 is 0 Å². The van der Waals surface area contributed by atoms with Crippen molar-refractivity contribution < 1.29 is 9.59 Å². The third-order valence-corrected chi connectivity index (χ3v) is 5.02. The fourth-order valence-corrected chi connectivity index (χ4v) is 3.34. The number of amides is 2. The zero-order valence-corrected chi connectivity index (χ0v) is 18.1. The van der Waals surface area contributed by atoms with Crippen molar-refractivity contribution in [3.8, 4) is 0 Å². The van der Waals surface area contributed by atoms with E-state index in [1.807, 2.05) is 69.3 Å². The molecule has 0 unspecified atom stereocenters. The van der Waals surface area contributed by atoms with Crippen molar-refractivity contribution in [3.63, 3.8) is 0 Å². The molecular weight excluding hydrogens is 459 g/mol. The van der Waals surface area contributed by atoms with Gasteiger partial charge in [0.15, 0.2) is 0 Å². The first kappa shape index (κ1) is 20.8. The summed E-state index contributed by atoms with van der Waals surface area (Å²) < 4.78 is 1.13. The van der Waals surface area contributed by atoms with E-state index in [9.17, 15) is 9.59 Å². The van der Waals surface area contributed by atoms with Crippen LogP contribution in [0.2, 0.25) is 0 Å². The van der Waals surface area contributed by atoms with E-state index in [1.165, 1.54) is 11.8 Å². The first-order valence-corrected chi connectivity index (χ1v) is 10.4. The number of nitrogens with one attached hydrogen (secondary N) is 2. The lowest BCUT2D eigenvalue weighted by molar-refractivity contribution is -0.118. The van der Waals surface area contributed by atoms with Crippen molar-refractivity contribution in [2.24, 2.45) is 5.41 Å². The Labute approximate surface area is 172 Å². The smallest absolute Gasteiger partial charge is 0.234 e. The predicted molar refractivity (Wildman–Crippen MR) is 118 cm³/mol. The average Bonchev–Trinajstić information content (AvgIpc) is 2.54. The Morgan fingerprint density at radius 1 is 0.962 bits per heavy atom. The molecule has 26 heavy (non-hydrogen) atoms. The highest BCUT2D eigenvalue weighted by Gasteiger charge is 2.16. The Hall–Kier alpha value is -1.54. The fourth-order valence-electron chi connectivity index (χ4n) is 2.23. The Morgan fingerprint density at radius 3 is 2.27 bits per heavy atom. The third kappa shape index (κ3) is 7.78. The summed E-state index contributed by atoms with van der Waals surface area (Å²) in [7, 11) is 0. The van der Waals surface area contributed by atoms with Crippen LogP contribution < -0.4 is 10.6 Å². The lowest BCUT2D eigenvalue weighted by Crippen LogP contribution is -2.19. The zero-order valence-electron chi connectivity index (χ0n) is 15.1. The van der Waals surface area contributed by atoms with Gasteiger partial charge in [-0.1, -0.05) is 26.8 Å². The Morgan fingerprint density at radius 2 is 1.62 bits per heavy atom. The maximum atomic E-state index is 12.1. The van der Waals surface area contributed by atoms with Crippen LogP contribution >= 0.6 is 34.4 Å². The Kier molecular flexibility index (Phi) is 7.52. The van der Waals surface area contributed by atoms with E-state index in [0.29, 0.717) is 12.2 Å². The van der Waals surface area contributed by atoms with E-state index in [0.717, 1.165) is 19.8 Å². The summed E-state index contributed by atoms with van der Waals surface area (Å²) in [6.45, 7) is 6.10. The largest absolute Gasteiger partial charge is 0.326 e. The van der Waals surface area contributed by atoms with Gasteiger partial charge >= 0.3 is 0 Å². The van der Waals surface area contributed by atoms with E-state index in [-0.39, 0.29) is 17.2 Å². The molecule has 0 aromatic heterocycles. The molecule has 2 aromatic rings. The highest BCUT2D eigenvalue weighted by molar-refractivity contribution is 14.1. The second-order valence-electron chi connectivity index (χ2n) is 7.16. The number of thioether (sulfide) groups is 1. The van der Waals surface area contributed by atoms with Crippen LogP contribution in [0.4, 0.5) is 11.4 Å². The fraction of sp³-hybridized carbons (Fsp3) is 0.300. The van der Waals surface area contributed by atoms with Crippen LogP contribution in [0.5, 0.6) is 0 Å². The van der Waals surface area contributed by atoms with Crippen LogP contribution in [-0.2, 0) is 9.59 Å². The third-order valence-electron chi connectivity index (χ3n) is 3.31. The molecule has 0 saturated carbocycles. The minimum atomic E-state index is -0.0571. The van der Waals surface area contributed by atoms with Crippen molar-refractivity contribution in [1.29, 1.82) is 0 Å². The van der Waals surface area contributed by atoms with E-state index in [1.54, 1.807) is 0 Å². The molecule has 0 atom stereocenters. The predicted octanol–water partition coefficient (Wildman–Crippen LogP) is 5.40. The zero-order chi connectivity index (χ0) is 19.2. The summed E-state index contributed by atoms with van der Waals surface area (Å²) in [5.74, 6) is 0.250. The molecule has 0 aliphatic carbocycles. The van der Waals surface area contributed by atoms with Gasteiger partial charge in [-0.3, -0.25) is 9.59 Å². The van der Waals surface area contributed by atoms with Crippen LogP contribution in [0.25, 0.3) is 0 Å². The van der Waals surface area contributed by atoms with Crippen molar-refractivity contribution in [1.82, 2.24) is 0 Å². The van der Waals surface area contributed by atoms with Gasteiger partial charge in [0.25, 0.3) is 0 Å². The molecule has 0 fully saturated rings. The Balaban J connectivity index is 1.86. The molecule has 6 heteroatoms. The lowest BCUT2D eigenvalue weighted by atomic mass is 9.92. The van der Waals surface area contributed by atoms with Gasteiger partial charge < -0.3 is 10.6 Å². The SMILES string of the molecule is CC(C)(C)CC(=O)Nc1cccc(SCC(=O)Nc2ccc(I)cc2)c1. The van der Waals surface area contributed by atoms with Gasteiger partial charge in [0.2, 0.25) is 11.8 Å². The molecule has 0 heterocycles. The summed E-state index contributed by atoms with van der Waals surface area (Å²) in [6.07, 6.45) is 0.461. The number of anilines is 2. The van der Waals surface area contributed by atoms with Crippen molar-refractivity contribution >= 4 is 57.5 Å². The lowest BCUT2D eigenvalue weighted by Gasteiger charge is -2.17. The standard InChI is InChI=1S/C20H23IN2O2S/c1-20(2,3)12-18(24)23-16-5-4-6-17(11-16)26-13-19(25)22-15-9-7-14(21)8-10-15/h4-11H,12-13H2,1-3H3,(H,22,25)(H,23,24). The summed E-state index contributed by atoms with van der Waals surface area (Å²) in [5.41, 5.74) is 1.49. The van der Waals surface area contributed by atoms with Crippen LogP contribution in [0, 0.1) is 8.99 Å². The molecule has 138 valence electrons. The van der Waals surface area contributed by atoms with Crippen molar-refractivity contribution in [2.45, 2.75) is 32.1 Å². The first-order valence-electron chi connectivity index (χ1n) is 8.29. The molecule has 0 bridgehead atoms. The molecule has 0 aliphatic heterocycles. The maximum absolute atomic E-state index is 12.1. The summed E-state index contributed by atoms with van der Waals surface area (Å²) in [4.78, 5) is 25.1. The number of benzene rings is 2. The molecule has 2 N–H and O–H groups in total. The van der Waals surface area contributed by atoms with Gasteiger partial charge in [0, 0.05) is 26.3 Å². The van der Waals surface area contributed by atoms with E-state index in [4.69, 9.17) is 0 Å². The molecule has 2 amide bonds. The number of hydrogen-bond donors (Lipinski definition) is 2. The van der Waals surface area contributed by atoms with Crippen LogP contribution in [0.3, 0.4) is 0 Å². The van der Waals surface area contributed by atoms with E-state index in [2.05, 4.69) is 33.2 Å². The number of halogens is 1. The summed E-state index contributed by atoms with van der Waals surface area (Å²) >= 11 is 3.67. The molecule has 0 saturated heterocycles. The molecule has 2 aromatic carbocycles. The maximum Gasteiger partial charge on any atom is 0.234 e. The van der Waals surface area contributed by atoms with Gasteiger partial charge in [-0.2, -0.15) is 0 Å². The van der Waals surface area contributed by atoms with Crippen molar-refractivity contribution in [3.05, 3.63) is 52.1 Å². The normalized spacial score (nSPS) is 11.1.